The van der Waals surface area contributed by atoms with E-state index in [1.165, 1.54) is 29.5 Å². The number of carbonyl (C=O) groups is 2. The molecule has 2 saturated carbocycles. The molecule has 2 aliphatic heterocycles. The van der Waals surface area contributed by atoms with E-state index in [0.29, 0.717) is 48.3 Å². The summed E-state index contributed by atoms with van der Waals surface area (Å²) in [6, 6.07) is 29.5. The molecule has 6 aromatic rings. The third kappa shape index (κ3) is 11.4. The fraction of sp³-hybridized carbons (Fsp3) is 0.421. The summed E-state index contributed by atoms with van der Waals surface area (Å²) < 4.78 is 36.2. The zero-order chi connectivity index (χ0) is 52.6. The van der Waals surface area contributed by atoms with Gasteiger partial charge in [0.15, 0.2) is 0 Å². The maximum atomic E-state index is 14.1. The number of ether oxygens (including phenoxy) is 1. The number of aromatic amines is 1. The number of piperazine rings is 1. The van der Waals surface area contributed by atoms with Crippen LogP contribution in [0.15, 0.2) is 114 Å². The second-order valence-corrected chi connectivity index (χ2v) is 23.6. The molecule has 17 nitrogen and oxygen atoms in total. The van der Waals surface area contributed by atoms with Gasteiger partial charge in [0.2, 0.25) is 5.91 Å². The van der Waals surface area contributed by atoms with Crippen molar-refractivity contribution < 1.29 is 32.8 Å². The second-order valence-electron chi connectivity index (χ2n) is 21.9. The monoisotopic (exact) mass is 1040 g/mol. The number of carbonyl (C=O) groups excluding carboxylic acids is 2. The minimum atomic E-state index is -4.60. The first-order valence-electron chi connectivity index (χ1n) is 26.2. The number of amides is 2. The highest BCUT2D eigenvalue weighted by molar-refractivity contribution is 7.90. The Kier molecular flexibility index (Phi) is 14.5. The van der Waals surface area contributed by atoms with Crippen molar-refractivity contribution in [2.24, 2.45) is 17.1 Å². The molecule has 4 aromatic carbocycles. The van der Waals surface area contributed by atoms with Crippen molar-refractivity contribution in [3.63, 3.8) is 0 Å². The maximum Gasteiger partial charge on any atom is 0.293 e. The highest BCUT2D eigenvalue weighted by Gasteiger charge is 2.50. The topological polar surface area (TPSA) is 229 Å². The van der Waals surface area contributed by atoms with Crippen LogP contribution in [-0.2, 0) is 16.6 Å². The van der Waals surface area contributed by atoms with Gasteiger partial charge < -0.3 is 30.8 Å². The smallest absolute Gasteiger partial charge is 0.293 e. The van der Waals surface area contributed by atoms with Gasteiger partial charge in [-0.25, -0.2) is 18.1 Å². The first-order valence-corrected chi connectivity index (χ1v) is 27.7. The number of aromatic nitrogens is 2. The summed E-state index contributed by atoms with van der Waals surface area (Å²) in [6.45, 7) is 11.9. The highest BCUT2D eigenvalue weighted by Crippen LogP contribution is 2.53. The Morgan fingerprint density at radius 1 is 0.947 bits per heavy atom. The standard InChI is InChI=1S/C57H67N9O8S/c1-37(2)46-6-4-5-7-47(46)51-36-63(35-39-8-10-40(11-9-39)53(58)67)26-27-65(51)43-31-57(32-43)21-24-64(25-22-57)42-12-14-48(52(29-42)74-44-28-41-18-23-59-54(41)61-34-44)55(68)62-75(72,73)45-13-15-49(50(30-45)66(70)71)60-33-38-16-19-56(3,69)20-17-38/h4-15,18,23,28-30,34,37-38,43,51,60,69H,16-17,19-22,24-27,31-33,35-36H2,1-3H3,(H2,58,67)(H,59,61)(H,62,68). The molecule has 2 saturated heterocycles. The lowest BCUT2D eigenvalue weighted by molar-refractivity contribution is -0.384. The number of hydrogen-bond acceptors (Lipinski definition) is 13. The van der Waals surface area contributed by atoms with Crippen LogP contribution in [0, 0.1) is 21.4 Å². The Morgan fingerprint density at radius 3 is 2.41 bits per heavy atom. The van der Waals surface area contributed by atoms with Gasteiger partial charge in [0.1, 0.15) is 22.8 Å². The van der Waals surface area contributed by atoms with E-state index in [1.807, 2.05) is 43.3 Å². The average Bonchev–Trinajstić information content (AvgIpc) is 3.86. The van der Waals surface area contributed by atoms with Crippen molar-refractivity contribution in [2.75, 3.05) is 49.5 Å². The number of benzene rings is 4. The molecule has 1 spiro atoms. The average molecular weight is 1040 g/mol. The van der Waals surface area contributed by atoms with Gasteiger partial charge >= 0.3 is 0 Å². The van der Waals surface area contributed by atoms with E-state index in [9.17, 15) is 33.2 Å². The molecule has 4 fully saturated rings. The molecule has 10 rings (SSSR count). The van der Waals surface area contributed by atoms with E-state index in [0.717, 1.165) is 100 Å². The zero-order valence-electron chi connectivity index (χ0n) is 42.8. The van der Waals surface area contributed by atoms with Crippen LogP contribution in [0.25, 0.3) is 11.0 Å². The number of nitrogens with one attached hydrogen (secondary N) is 3. The number of hydrogen-bond donors (Lipinski definition) is 5. The molecule has 2 amide bonds. The molecule has 0 radical (unpaired) electrons. The zero-order valence-corrected chi connectivity index (χ0v) is 43.7. The van der Waals surface area contributed by atoms with Crippen molar-refractivity contribution in [1.82, 2.24) is 24.5 Å². The molecule has 2 aliphatic carbocycles. The molecular formula is C57H67N9O8S. The van der Waals surface area contributed by atoms with Crippen molar-refractivity contribution in [2.45, 2.75) is 107 Å². The van der Waals surface area contributed by atoms with E-state index in [2.05, 4.69) is 72.8 Å². The SMILES string of the molecule is CC(C)c1ccccc1C1CN(Cc2ccc(C(N)=O)cc2)CCN1C1CC2(CCN(c3ccc(C(=O)NS(=O)(=O)c4ccc(NCC5CCC(C)(O)CC5)c([N+](=O)[O-])c4)c(Oc4cnc5[nH]ccc5c4)c3)CC2)C1. The van der Waals surface area contributed by atoms with Gasteiger partial charge in [-0.1, -0.05) is 50.2 Å². The molecule has 6 N–H and O–H groups in total. The number of sulfonamides is 1. The Hall–Kier alpha value is -6.86. The van der Waals surface area contributed by atoms with Crippen LogP contribution in [0.1, 0.15) is 122 Å². The van der Waals surface area contributed by atoms with Crippen LogP contribution in [0.3, 0.4) is 0 Å². The number of rotatable bonds is 16. The van der Waals surface area contributed by atoms with Crippen molar-refractivity contribution >= 4 is 49.9 Å². The van der Waals surface area contributed by atoms with Gasteiger partial charge in [-0.2, -0.15) is 0 Å². The summed E-state index contributed by atoms with van der Waals surface area (Å²) in [4.78, 5) is 52.1. The van der Waals surface area contributed by atoms with Crippen LogP contribution in [-0.4, -0.2) is 101 Å². The van der Waals surface area contributed by atoms with Crippen LogP contribution >= 0.6 is 0 Å². The summed E-state index contributed by atoms with van der Waals surface area (Å²) in [7, 11) is -4.60. The quantitative estimate of drug-likeness (QED) is 0.0450. The van der Waals surface area contributed by atoms with Crippen molar-refractivity contribution in [3.8, 4) is 11.5 Å². The summed E-state index contributed by atoms with van der Waals surface area (Å²) >= 11 is 0. The van der Waals surface area contributed by atoms with E-state index in [1.54, 1.807) is 24.4 Å². The Bertz CT molecular complexity index is 3190. The molecule has 18 heteroatoms. The third-order valence-corrected chi connectivity index (χ3v) is 17.7. The van der Waals surface area contributed by atoms with E-state index >= 15 is 0 Å². The lowest BCUT2D eigenvalue weighted by Crippen LogP contribution is -2.60. The van der Waals surface area contributed by atoms with E-state index in [-0.39, 0.29) is 34.4 Å². The number of H-pyrrole nitrogens is 1. The first-order chi connectivity index (χ1) is 35.9. The third-order valence-electron chi connectivity index (χ3n) is 16.4. The number of fused-ring (bicyclic) bond motifs is 1. The highest BCUT2D eigenvalue weighted by atomic mass is 32.2. The lowest BCUT2D eigenvalue weighted by Gasteiger charge is -2.58. The largest absolute Gasteiger partial charge is 0.455 e. The number of pyridine rings is 1. The molecular weight excluding hydrogens is 971 g/mol. The predicted octanol–water partition coefficient (Wildman–Crippen LogP) is 9.27. The molecule has 2 aromatic heterocycles. The number of piperidine rings is 1. The van der Waals surface area contributed by atoms with E-state index in [4.69, 9.17) is 10.5 Å². The van der Waals surface area contributed by atoms with Gasteiger partial charge in [0, 0.05) is 92.9 Å². The van der Waals surface area contributed by atoms with Crippen LogP contribution in [0.4, 0.5) is 17.1 Å². The molecule has 4 aliphatic rings. The van der Waals surface area contributed by atoms with Gasteiger partial charge in [0.25, 0.3) is 21.6 Å². The number of nitro benzene ring substituents is 1. The Labute approximate surface area is 438 Å². The number of primary amides is 1. The van der Waals surface area contributed by atoms with Crippen LogP contribution in [0.5, 0.6) is 11.5 Å². The van der Waals surface area contributed by atoms with Crippen molar-refractivity contribution in [3.05, 3.63) is 147 Å². The molecule has 4 heterocycles. The maximum absolute atomic E-state index is 14.1. The summed E-state index contributed by atoms with van der Waals surface area (Å²) in [6.07, 6.45) is 10.3. The normalized spacial score (nSPS) is 21.5. The fourth-order valence-electron chi connectivity index (χ4n) is 12.0. The van der Waals surface area contributed by atoms with E-state index < -0.39 is 42.9 Å². The minimum Gasteiger partial charge on any atom is -0.455 e. The first kappa shape index (κ1) is 51.6. The van der Waals surface area contributed by atoms with Crippen LogP contribution in [0.2, 0.25) is 0 Å². The van der Waals surface area contributed by atoms with Gasteiger partial charge in [0.05, 0.1) is 27.2 Å². The number of anilines is 2. The fourth-order valence-corrected chi connectivity index (χ4v) is 12.9. The number of nitrogens with zero attached hydrogens (tertiary/aromatic N) is 5. The number of nitrogens with two attached hydrogens (primary N) is 1. The van der Waals surface area contributed by atoms with Crippen LogP contribution < -0.4 is 25.4 Å². The lowest BCUT2D eigenvalue weighted by atomic mass is 9.59. The van der Waals surface area contributed by atoms with Gasteiger partial charge in [-0.15, -0.1) is 0 Å². The summed E-state index contributed by atoms with van der Waals surface area (Å²) in [5, 5.41) is 26.5. The summed E-state index contributed by atoms with van der Waals surface area (Å²) in [5.41, 5.74) is 10.6. The number of aliphatic hydroxyl groups is 1. The van der Waals surface area contributed by atoms with Crippen molar-refractivity contribution in [1.29, 1.82) is 0 Å². The Balaban J connectivity index is 0.829. The molecule has 1 atom stereocenters. The van der Waals surface area contributed by atoms with Gasteiger partial charge in [-0.05, 0) is 141 Å². The predicted molar refractivity (Wildman–Crippen MR) is 289 cm³/mol. The second kappa shape index (κ2) is 21.0. The Morgan fingerprint density at radius 2 is 1.69 bits per heavy atom. The summed E-state index contributed by atoms with van der Waals surface area (Å²) in [5.74, 6) is -0.330. The molecule has 75 heavy (non-hydrogen) atoms. The minimum absolute atomic E-state index is 0.0410. The molecule has 1 unspecified atom stereocenters. The number of nitro groups is 1. The molecule has 0 bridgehead atoms. The van der Waals surface area contributed by atoms with Gasteiger partial charge in [-0.3, -0.25) is 29.5 Å². The molecule has 394 valence electrons.